The molecule has 3 aromatic rings. The van der Waals surface area contributed by atoms with Crippen LogP contribution in [0.4, 0.5) is 10.2 Å². The van der Waals surface area contributed by atoms with Crippen LogP contribution >= 0.6 is 0 Å². The first-order valence-electron chi connectivity index (χ1n) is 11.6. The van der Waals surface area contributed by atoms with Gasteiger partial charge in [0.25, 0.3) is 5.91 Å². The molecule has 10 nitrogen and oxygen atoms in total. The van der Waals surface area contributed by atoms with E-state index < -0.39 is 10.7 Å². The van der Waals surface area contributed by atoms with Crippen LogP contribution < -0.4 is 4.74 Å². The Morgan fingerprint density at radius 2 is 1.91 bits per heavy atom. The summed E-state index contributed by atoms with van der Waals surface area (Å²) in [6.45, 7) is 3.94. The van der Waals surface area contributed by atoms with Gasteiger partial charge in [-0.15, -0.1) is 0 Å². The van der Waals surface area contributed by atoms with Crippen LogP contribution in [-0.2, 0) is 13.1 Å². The Bertz CT molecular complexity index is 1260. The molecule has 1 fully saturated rings. The second-order valence-electron chi connectivity index (χ2n) is 8.66. The summed E-state index contributed by atoms with van der Waals surface area (Å²) in [6.07, 6.45) is 3.27. The van der Waals surface area contributed by atoms with E-state index in [1.54, 1.807) is 21.6 Å². The van der Waals surface area contributed by atoms with Crippen LogP contribution in [0.1, 0.15) is 28.9 Å². The molecular formula is C24H25FN6O4. The Morgan fingerprint density at radius 1 is 1.09 bits per heavy atom. The summed E-state index contributed by atoms with van der Waals surface area (Å²) in [5.41, 5.74) is 2.23. The monoisotopic (exact) mass is 480 g/mol. The second kappa shape index (κ2) is 9.79. The quantitative estimate of drug-likeness (QED) is 0.408. The molecule has 2 aromatic heterocycles. The maximum Gasteiger partial charge on any atom is 0.414 e. The number of carbonyl (C=O) groups excluding carboxylic acids is 1. The molecule has 0 bridgehead atoms. The molecule has 11 heteroatoms. The highest BCUT2D eigenvalue weighted by Crippen LogP contribution is 2.24. The van der Waals surface area contributed by atoms with Crippen molar-refractivity contribution < 1.29 is 18.8 Å². The van der Waals surface area contributed by atoms with Gasteiger partial charge < -0.3 is 19.8 Å². The van der Waals surface area contributed by atoms with Crippen molar-refractivity contribution in [3.05, 3.63) is 69.8 Å². The predicted octanol–water partition coefficient (Wildman–Crippen LogP) is 3.12. The number of amides is 1. The van der Waals surface area contributed by atoms with Gasteiger partial charge in [-0.1, -0.05) is 6.07 Å². The van der Waals surface area contributed by atoms with E-state index >= 15 is 0 Å². The van der Waals surface area contributed by atoms with Crippen LogP contribution in [0, 0.1) is 15.9 Å². The Hall–Kier alpha value is -3.86. The van der Waals surface area contributed by atoms with E-state index in [9.17, 15) is 19.3 Å². The van der Waals surface area contributed by atoms with E-state index in [0.717, 1.165) is 18.5 Å². The van der Waals surface area contributed by atoms with Crippen molar-refractivity contribution in [1.29, 1.82) is 0 Å². The molecule has 0 unspecified atom stereocenters. The topological polar surface area (TPSA) is 107 Å². The van der Waals surface area contributed by atoms with Gasteiger partial charge in [0.15, 0.2) is 0 Å². The minimum absolute atomic E-state index is 0.0720. The number of likely N-dealkylation sites (tertiary alicyclic amines) is 1. The third-order valence-electron chi connectivity index (χ3n) is 6.29. The van der Waals surface area contributed by atoms with Crippen LogP contribution in [0.15, 0.2) is 42.6 Å². The number of pyridine rings is 1. The van der Waals surface area contributed by atoms with Crippen LogP contribution in [0.5, 0.6) is 6.01 Å². The molecule has 0 atom stereocenters. The average Bonchev–Trinajstić information content (AvgIpc) is 3.51. The van der Waals surface area contributed by atoms with E-state index in [1.165, 1.54) is 12.3 Å². The second-order valence-corrected chi connectivity index (χ2v) is 8.66. The van der Waals surface area contributed by atoms with Crippen LogP contribution in [-0.4, -0.2) is 68.0 Å². The molecule has 1 aromatic carbocycles. The molecular weight excluding hydrogens is 455 g/mol. The van der Waals surface area contributed by atoms with Crippen molar-refractivity contribution in [2.45, 2.75) is 25.9 Å². The number of hydrogen-bond donors (Lipinski definition) is 0. The zero-order chi connectivity index (χ0) is 24.4. The highest BCUT2D eigenvalue weighted by Gasteiger charge is 2.24. The smallest absolute Gasteiger partial charge is 0.414 e. The summed E-state index contributed by atoms with van der Waals surface area (Å²) in [5.74, 6) is -1.04. The van der Waals surface area contributed by atoms with E-state index in [4.69, 9.17) is 9.72 Å². The van der Waals surface area contributed by atoms with Gasteiger partial charge in [0.05, 0.1) is 17.0 Å². The summed E-state index contributed by atoms with van der Waals surface area (Å²) in [7, 11) is 0. The first-order valence-corrected chi connectivity index (χ1v) is 11.6. The number of benzene rings is 1. The largest absolute Gasteiger partial charge is 0.444 e. The molecule has 0 spiro atoms. The minimum atomic E-state index is -0.534. The lowest BCUT2D eigenvalue weighted by Crippen LogP contribution is -2.33. The van der Waals surface area contributed by atoms with Gasteiger partial charge in [-0.05, 0) is 48.1 Å². The minimum Gasteiger partial charge on any atom is -0.444 e. The molecule has 1 saturated heterocycles. The molecule has 0 aliphatic carbocycles. The van der Waals surface area contributed by atoms with Gasteiger partial charge >= 0.3 is 11.8 Å². The number of nitrogens with zero attached hydrogens (tertiary/aromatic N) is 6. The molecule has 4 heterocycles. The van der Waals surface area contributed by atoms with Crippen LogP contribution in [0.25, 0.3) is 11.3 Å². The molecule has 0 N–H and O–H groups in total. The molecule has 2 aliphatic heterocycles. The van der Waals surface area contributed by atoms with E-state index in [2.05, 4.69) is 9.88 Å². The van der Waals surface area contributed by atoms with Gasteiger partial charge in [-0.2, -0.15) is 0 Å². The molecule has 0 saturated carbocycles. The SMILES string of the molecule is O=C(c1cc(-c2cccc(CN3CCOc4nc([N+](=O)[O-])cn4CC3)n2)ccc1F)N1CCCC1. The standard InChI is InChI=1S/C24H25FN6O4/c25-20-7-6-17(14-19(20)23(32)29-8-1-2-9-29)21-5-3-4-18(26-21)15-28-10-11-30-16-22(31(33)34)27-24(30)35-13-12-28/h3-7,14,16H,1-2,8-13,15H2. The van der Waals surface area contributed by atoms with Crippen LogP contribution in [0.3, 0.4) is 0 Å². The highest BCUT2D eigenvalue weighted by molar-refractivity contribution is 5.95. The fourth-order valence-electron chi connectivity index (χ4n) is 4.43. The number of halogens is 1. The van der Waals surface area contributed by atoms with Crippen molar-refractivity contribution in [3.63, 3.8) is 0 Å². The summed E-state index contributed by atoms with van der Waals surface area (Å²) < 4.78 is 21.7. The van der Waals surface area contributed by atoms with Crippen molar-refractivity contribution in [2.24, 2.45) is 0 Å². The zero-order valence-corrected chi connectivity index (χ0v) is 19.1. The number of imidazole rings is 1. The van der Waals surface area contributed by atoms with E-state index in [1.807, 2.05) is 18.2 Å². The molecule has 0 radical (unpaired) electrons. The Balaban J connectivity index is 1.31. The van der Waals surface area contributed by atoms with Gasteiger partial charge in [0.1, 0.15) is 18.6 Å². The lowest BCUT2D eigenvalue weighted by atomic mass is 10.1. The van der Waals surface area contributed by atoms with Gasteiger partial charge in [-0.3, -0.25) is 19.2 Å². The predicted molar refractivity (Wildman–Crippen MR) is 124 cm³/mol. The summed E-state index contributed by atoms with van der Waals surface area (Å²) in [4.78, 5) is 35.7. The maximum absolute atomic E-state index is 14.5. The number of carbonyl (C=O) groups is 1. The van der Waals surface area contributed by atoms with Crippen molar-refractivity contribution in [3.8, 4) is 17.3 Å². The molecule has 5 rings (SSSR count). The number of fused-ring (bicyclic) bond motifs is 1. The average molecular weight is 481 g/mol. The number of aromatic nitrogens is 3. The summed E-state index contributed by atoms with van der Waals surface area (Å²) >= 11 is 0. The summed E-state index contributed by atoms with van der Waals surface area (Å²) in [5, 5.41) is 11.0. The maximum atomic E-state index is 14.5. The van der Waals surface area contributed by atoms with E-state index in [-0.39, 0.29) is 23.3 Å². The number of ether oxygens (including phenoxy) is 1. The molecule has 35 heavy (non-hydrogen) atoms. The lowest BCUT2D eigenvalue weighted by Gasteiger charge is -2.24. The zero-order valence-electron chi connectivity index (χ0n) is 19.1. The fraction of sp³-hybridized carbons (Fsp3) is 0.375. The molecule has 1 amide bonds. The highest BCUT2D eigenvalue weighted by atomic mass is 19.1. The summed E-state index contributed by atoms with van der Waals surface area (Å²) in [6, 6.07) is 10.4. The molecule has 2 aliphatic rings. The van der Waals surface area contributed by atoms with Gasteiger partial charge in [-0.25, -0.2) is 4.39 Å². The van der Waals surface area contributed by atoms with Crippen molar-refractivity contribution >= 4 is 11.7 Å². The van der Waals surface area contributed by atoms with Gasteiger partial charge in [0.2, 0.25) is 0 Å². The van der Waals surface area contributed by atoms with Crippen LogP contribution in [0.2, 0.25) is 0 Å². The molecule has 182 valence electrons. The number of nitro groups is 1. The van der Waals surface area contributed by atoms with E-state index in [0.29, 0.717) is 57.1 Å². The fourth-order valence-corrected chi connectivity index (χ4v) is 4.43. The number of rotatable bonds is 5. The third-order valence-corrected chi connectivity index (χ3v) is 6.29. The first-order chi connectivity index (χ1) is 17.0. The van der Waals surface area contributed by atoms with Crippen molar-refractivity contribution in [1.82, 2.24) is 24.3 Å². The van der Waals surface area contributed by atoms with Crippen molar-refractivity contribution in [2.75, 3.05) is 32.8 Å². The normalized spacial score (nSPS) is 16.3. The number of hydrogen-bond acceptors (Lipinski definition) is 7. The Kier molecular flexibility index (Phi) is 6.41. The Labute approximate surface area is 201 Å². The third kappa shape index (κ3) is 4.99. The first kappa shape index (κ1) is 22.9. The Morgan fingerprint density at radius 3 is 2.71 bits per heavy atom. The lowest BCUT2D eigenvalue weighted by molar-refractivity contribution is -0.389. The van der Waals surface area contributed by atoms with Gasteiger partial charge in [0, 0.05) is 49.8 Å².